The van der Waals surface area contributed by atoms with Crippen LogP contribution in [-0.2, 0) is 4.79 Å². The lowest BCUT2D eigenvalue weighted by atomic mass is 10.1. The predicted molar refractivity (Wildman–Crippen MR) is 59.2 cm³/mol. The Morgan fingerprint density at radius 1 is 1.31 bits per heavy atom. The van der Waals surface area contributed by atoms with Crippen LogP contribution in [0.25, 0.3) is 0 Å². The number of hydrogen-bond acceptors (Lipinski definition) is 3. The number of amides is 2. The van der Waals surface area contributed by atoms with Gasteiger partial charge in [-0.15, -0.1) is 0 Å². The van der Waals surface area contributed by atoms with E-state index in [-0.39, 0.29) is 12.6 Å². The van der Waals surface area contributed by atoms with Gasteiger partial charge >= 0.3 is 12.0 Å². The van der Waals surface area contributed by atoms with Gasteiger partial charge in [0.2, 0.25) is 0 Å². The Morgan fingerprint density at radius 3 is 2.38 bits per heavy atom. The maximum atomic E-state index is 11.3. The van der Waals surface area contributed by atoms with E-state index in [1.807, 2.05) is 13.8 Å². The topological polar surface area (TPSA) is 98.7 Å². The summed E-state index contributed by atoms with van der Waals surface area (Å²) in [5, 5.41) is 22.3. The molecule has 0 aliphatic carbocycles. The standard InChI is InChI=1S/C10H20N2O4/c1-3-5-7(4-2)12-10(16)11-6-8(13)9(14)15/h7-8,13H,3-6H2,1-2H3,(H,14,15)(H2,11,12,16). The summed E-state index contributed by atoms with van der Waals surface area (Å²) >= 11 is 0. The van der Waals surface area contributed by atoms with Crippen LogP contribution in [0.1, 0.15) is 33.1 Å². The summed E-state index contributed by atoms with van der Waals surface area (Å²) in [4.78, 5) is 21.6. The van der Waals surface area contributed by atoms with E-state index in [4.69, 9.17) is 10.2 Å². The second-order valence-electron chi connectivity index (χ2n) is 3.60. The first-order valence-electron chi connectivity index (χ1n) is 5.46. The molecule has 0 aliphatic rings. The first-order chi connectivity index (χ1) is 7.51. The van der Waals surface area contributed by atoms with Crippen LogP contribution in [0.3, 0.4) is 0 Å². The van der Waals surface area contributed by atoms with E-state index in [9.17, 15) is 9.59 Å². The van der Waals surface area contributed by atoms with Crippen LogP contribution in [-0.4, -0.2) is 40.9 Å². The van der Waals surface area contributed by atoms with Crippen molar-refractivity contribution in [2.75, 3.05) is 6.54 Å². The van der Waals surface area contributed by atoms with Crippen molar-refractivity contribution < 1.29 is 19.8 Å². The maximum Gasteiger partial charge on any atom is 0.334 e. The second kappa shape index (κ2) is 7.92. The lowest BCUT2D eigenvalue weighted by molar-refractivity contribution is -0.146. The minimum absolute atomic E-state index is 0.0898. The molecule has 0 bridgehead atoms. The number of carbonyl (C=O) groups excluding carboxylic acids is 1. The minimum Gasteiger partial charge on any atom is -0.479 e. The zero-order valence-corrected chi connectivity index (χ0v) is 9.69. The first-order valence-corrected chi connectivity index (χ1v) is 5.46. The molecule has 0 aliphatic heterocycles. The number of aliphatic hydroxyl groups is 1. The third kappa shape index (κ3) is 6.23. The Bertz CT molecular complexity index is 233. The van der Waals surface area contributed by atoms with Gasteiger partial charge in [-0.2, -0.15) is 0 Å². The van der Waals surface area contributed by atoms with E-state index in [0.29, 0.717) is 0 Å². The SMILES string of the molecule is CCCC(CC)NC(=O)NCC(O)C(=O)O. The van der Waals surface area contributed by atoms with Crippen LogP contribution in [0.5, 0.6) is 0 Å². The lowest BCUT2D eigenvalue weighted by Gasteiger charge is -2.17. The lowest BCUT2D eigenvalue weighted by Crippen LogP contribution is -2.45. The van der Waals surface area contributed by atoms with E-state index < -0.39 is 18.1 Å². The fourth-order valence-electron chi connectivity index (χ4n) is 1.24. The fraction of sp³-hybridized carbons (Fsp3) is 0.800. The third-order valence-corrected chi connectivity index (χ3v) is 2.21. The first kappa shape index (κ1) is 14.7. The quantitative estimate of drug-likeness (QED) is 0.507. The Labute approximate surface area is 95.0 Å². The molecule has 6 nitrogen and oxygen atoms in total. The highest BCUT2D eigenvalue weighted by Gasteiger charge is 2.15. The van der Waals surface area contributed by atoms with Gasteiger partial charge in [0, 0.05) is 6.04 Å². The van der Waals surface area contributed by atoms with E-state index >= 15 is 0 Å². The van der Waals surface area contributed by atoms with E-state index in [2.05, 4.69) is 10.6 Å². The number of aliphatic carboxylic acids is 1. The molecule has 6 heteroatoms. The largest absolute Gasteiger partial charge is 0.479 e. The van der Waals surface area contributed by atoms with Gasteiger partial charge < -0.3 is 20.8 Å². The Kier molecular flexibility index (Phi) is 7.28. The second-order valence-corrected chi connectivity index (χ2v) is 3.60. The molecule has 2 unspecified atom stereocenters. The smallest absolute Gasteiger partial charge is 0.334 e. The summed E-state index contributed by atoms with van der Waals surface area (Å²) in [6.07, 6.45) is 1.11. The zero-order valence-electron chi connectivity index (χ0n) is 9.69. The van der Waals surface area contributed by atoms with Crippen molar-refractivity contribution in [3.8, 4) is 0 Å². The van der Waals surface area contributed by atoms with Gasteiger partial charge in [-0.25, -0.2) is 9.59 Å². The van der Waals surface area contributed by atoms with Gasteiger partial charge in [-0.1, -0.05) is 20.3 Å². The molecule has 0 fully saturated rings. The monoisotopic (exact) mass is 232 g/mol. The van der Waals surface area contributed by atoms with Gasteiger partial charge in [0.15, 0.2) is 6.10 Å². The highest BCUT2D eigenvalue weighted by molar-refractivity contribution is 5.76. The fourth-order valence-corrected chi connectivity index (χ4v) is 1.24. The predicted octanol–water partition coefficient (Wildman–Crippen LogP) is 0.310. The number of carboxylic acids is 1. The number of hydrogen-bond donors (Lipinski definition) is 4. The average Bonchev–Trinajstić information content (AvgIpc) is 2.24. The molecule has 4 N–H and O–H groups in total. The van der Waals surface area contributed by atoms with Gasteiger partial charge in [0.05, 0.1) is 6.54 Å². The van der Waals surface area contributed by atoms with Crippen LogP contribution in [0, 0.1) is 0 Å². The minimum atomic E-state index is -1.56. The Balaban J connectivity index is 3.84. The third-order valence-electron chi connectivity index (χ3n) is 2.21. The molecule has 0 aromatic rings. The maximum absolute atomic E-state index is 11.3. The van der Waals surface area contributed by atoms with Crippen molar-refractivity contribution in [1.82, 2.24) is 10.6 Å². The van der Waals surface area contributed by atoms with Gasteiger partial charge in [0.1, 0.15) is 0 Å². The molecule has 94 valence electrons. The van der Waals surface area contributed by atoms with Gasteiger partial charge in [-0.05, 0) is 12.8 Å². The summed E-state index contributed by atoms with van der Waals surface area (Å²) in [6.45, 7) is 3.70. The number of carbonyl (C=O) groups is 2. The number of rotatable bonds is 7. The summed E-state index contributed by atoms with van der Waals surface area (Å²) < 4.78 is 0. The van der Waals surface area contributed by atoms with Crippen LogP contribution < -0.4 is 10.6 Å². The molecule has 0 spiro atoms. The van der Waals surface area contributed by atoms with Crippen molar-refractivity contribution in [3.63, 3.8) is 0 Å². The number of carboxylic acid groups (broad SMARTS) is 1. The van der Waals surface area contributed by atoms with Gasteiger partial charge in [0.25, 0.3) is 0 Å². The zero-order chi connectivity index (χ0) is 12.6. The molecule has 0 radical (unpaired) electrons. The molecular weight excluding hydrogens is 212 g/mol. The molecule has 0 aromatic carbocycles. The van der Waals surface area contributed by atoms with Gasteiger partial charge in [-0.3, -0.25) is 0 Å². The summed E-state index contributed by atoms with van der Waals surface area (Å²) in [6, 6.07) is -0.354. The van der Waals surface area contributed by atoms with Crippen molar-refractivity contribution in [2.24, 2.45) is 0 Å². The summed E-state index contributed by atoms with van der Waals surface area (Å²) in [5.74, 6) is -1.35. The molecule has 0 heterocycles. The van der Waals surface area contributed by atoms with Crippen molar-refractivity contribution in [3.05, 3.63) is 0 Å². The average molecular weight is 232 g/mol. The Hall–Kier alpha value is -1.30. The number of urea groups is 1. The van der Waals surface area contributed by atoms with Crippen LogP contribution in [0.2, 0.25) is 0 Å². The molecule has 16 heavy (non-hydrogen) atoms. The Morgan fingerprint density at radius 2 is 1.94 bits per heavy atom. The van der Waals surface area contributed by atoms with Crippen molar-refractivity contribution >= 4 is 12.0 Å². The number of aliphatic hydroxyl groups excluding tert-OH is 1. The molecule has 0 saturated heterocycles. The normalized spacial score (nSPS) is 13.9. The summed E-state index contributed by atoms with van der Waals surface area (Å²) in [5.41, 5.74) is 0. The van der Waals surface area contributed by atoms with Crippen LogP contribution in [0.15, 0.2) is 0 Å². The summed E-state index contributed by atoms with van der Waals surface area (Å²) in [7, 11) is 0. The molecule has 0 rings (SSSR count). The molecule has 2 atom stereocenters. The highest BCUT2D eigenvalue weighted by atomic mass is 16.4. The van der Waals surface area contributed by atoms with Crippen LogP contribution in [0.4, 0.5) is 4.79 Å². The van der Waals surface area contributed by atoms with Crippen LogP contribution >= 0.6 is 0 Å². The molecule has 0 saturated carbocycles. The molecule has 0 aromatic heterocycles. The van der Waals surface area contributed by atoms with Crippen molar-refractivity contribution in [1.29, 1.82) is 0 Å². The van der Waals surface area contributed by atoms with E-state index in [0.717, 1.165) is 19.3 Å². The van der Waals surface area contributed by atoms with Crippen molar-refractivity contribution in [2.45, 2.75) is 45.3 Å². The van der Waals surface area contributed by atoms with E-state index in [1.165, 1.54) is 0 Å². The number of nitrogens with one attached hydrogen (secondary N) is 2. The highest BCUT2D eigenvalue weighted by Crippen LogP contribution is 2.00. The molecule has 2 amide bonds. The van der Waals surface area contributed by atoms with E-state index in [1.54, 1.807) is 0 Å². The molecular formula is C10H20N2O4.